The normalized spacial score (nSPS) is 17.9. The molecule has 1 atom stereocenters. The van der Waals surface area contributed by atoms with E-state index in [2.05, 4.69) is 23.5 Å². The third-order valence-electron chi connectivity index (χ3n) is 6.84. The summed E-state index contributed by atoms with van der Waals surface area (Å²) in [7, 11) is 0. The van der Waals surface area contributed by atoms with Gasteiger partial charge in [0.25, 0.3) is 5.91 Å². The van der Waals surface area contributed by atoms with Crippen molar-refractivity contribution in [2.45, 2.75) is 57.7 Å². The van der Waals surface area contributed by atoms with Crippen molar-refractivity contribution in [1.82, 2.24) is 10.2 Å². The molecule has 1 saturated heterocycles. The van der Waals surface area contributed by atoms with Crippen LogP contribution in [0.25, 0.3) is 0 Å². The van der Waals surface area contributed by atoms with Crippen LogP contribution in [0.2, 0.25) is 0 Å². The van der Waals surface area contributed by atoms with Crippen LogP contribution in [-0.2, 0) is 23.8 Å². The number of benzene rings is 2. The van der Waals surface area contributed by atoms with Gasteiger partial charge >= 0.3 is 6.18 Å². The molecule has 1 aliphatic heterocycles. The van der Waals surface area contributed by atoms with E-state index in [1.807, 2.05) is 6.92 Å². The lowest BCUT2D eigenvalue weighted by Crippen LogP contribution is -2.43. The molecule has 1 unspecified atom stereocenters. The third kappa shape index (κ3) is 5.40. The van der Waals surface area contributed by atoms with E-state index in [9.17, 15) is 22.8 Å². The van der Waals surface area contributed by atoms with Crippen molar-refractivity contribution >= 4 is 11.8 Å². The Bertz CT molecular complexity index is 1010. The molecule has 2 aliphatic rings. The maximum Gasteiger partial charge on any atom is 0.416 e. The summed E-state index contributed by atoms with van der Waals surface area (Å²) in [6.07, 6.45) is 1.31. The highest BCUT2D eigenvalue weighted by atomic mass is 19.4. The number of aryl methyl sites for hydroxylation is 2. The molecule has 33 heavy (non-hydrogen) atoms. The number of amides is 2. The molecular weight excluding hydrogens is 429 g/mol. The van der Waals surface area contributed by atoms with E-state index >= 15 is 0 Å². The number of hydrogen-bond donors (Lipinski definition) is 1. The number of nitrogens with zero attached hydrogens (tertiary/aromatic N) is 1. The molecule has 1 aliphatic carbocycles. The third-order valence-corrected chi connectivity index (χ3v) is 6.84. The second kappa shape index (κ2) is 9.57. The van der Waals surface area contributed by atoms with Crippen LogP contribution in [0.4, 0.5) is 13.2 Å². The molecular formula is C26H29F3N2O2. The molecule has 0 bridgehead atoms. The Kier molecular flexibility index (Phi) is 6.77. The van der Waals surface area contributed by atoms with Crippen LogP contribution in [0, 0.1) is 5.92 Å². The molecule has 176 valence electrons. The Morgan fingerprint density at radius 1 is 0.970 bits per heavy atom. The Morgan fingerprint density at radius 2 is 1.61 bits per heavy atom. The molecule has 0 aromatic heterocycles. The van der Waals surface area contributed by atoms with Crippen LogP contribution in [-0.4, -0.2) is 29.8 Å². The lowest BCUT2D eigenvalue weighted by Gasteiger charge is -2.32. The number of likely N-dealkylation sites (tertiary alicyclic amines) is 1. The van der Waals surface area contributed by atoms with Gasteiger partial charge in [0.05, 0.1) is 11.6 Å². The fraction of sp³-hybridized carbons (Fsp3) is 0.462. The molecule has 1 heterocycles. The summed E-state index contributed by atoms with van der Waals surface area (Å²) in [6.45, 7) is 2.81. The highest BCUT2D eigenvalue weighted by molar-refractivity contribution is 5.94. The minimum absolute atomic E-state index is 0.0122. The van der Waals surface area contributed by atoms with E-state index in [4.69, 9.17) is 0 Å². The number of fused-ring (bicyclic) bond motifs is 1. The second-order valence-corrected chi connectivity index (χ2v) is 9.11. The van der Waals surface area contributed by atoms with E-state index in [0.29, 0.717) is 25.9 Å². The van der Waals surface area contributed by atoms with Gasteiger partial charge in [-0.15, -0.1) is 0 Å². The number of nitrogens with one attached hydrogen (secondary N) is 1. The minimum atomic E-state index is -4.43. The van der Waals surface area contributed by atoms with E-state index in [-0.39, 0.29) is 29.3 Å². The Labute approximate surface area is 192 Å². The van der Waals surface area contributed by atoms with Crippen molar-refractivity contribution < 1.29 is 22.8 Å². The first-order valence-electron chi connectivity index (χ1n) is 11.6. The van der Waals surface area contributed by atoms with Gasteiger partial charge in [-0.3, -0.25) is 9.59 Å². The van der Waals surface area contributed by atoms with Gasteiger partial charge in [0.2, 0.25) is 5.91 Å². The summed E-state index contributed by atoms with van der Waals surface area (Å²) < 4.78 is 38.2. The van der Waals surface area contributed by atoms with E-state index in [1.165, 1.54) is 36.1 Å². The molecule has 4 rings (SSSR count). The monoisotopic (exact) mass is 458 g/mol. The average molecular weight is 459 g/mol. The summed E-state index contributed by atoms with van der Waals surface area (Å²) in [5.74, 6) is -0.492. The molecule has 1 fully saturated rings. The van der Waals surface area contributed by atoms with Gasteiger partial charge < -0.3 is 10.2 Å². The van der Waals surface area contributed by atoms with Crippen LogP contribution in [0.15, 0.2) is 42.5 Å². The summed E-state index contributed by atoms with van der Waals surface area (Å²) in [5.41, 5.74) is 3.36. The van der Waals surface area contributed by atoms with Gasteiger partial charge in [-0.1, -0.05) is 18.2 Å². The molecule has 1 N–H and O–H groups in total. The standard InChI is InChI=1S/C26H29F3N2O2/c1-17(21-7-6-18-4-2-3-5-22(18)16-21)30-24(32)19-12-14-31(15-13-19)25(33)20-8-10-23(11-9-20)26(27,28)29/h6-11,16-17,19H,2-5,12-15H2,1H3,(H,30,32). The summed E-state index contributed by atoms with van der Waals surface area (Å²) in [5, 5.41) is 3.12. The Balaban J connectivity index is 1.30. The molecule has 2 amide bonds. The van der Waals surface area contributed by atoms with Crippen molar-refractivity contribution in [3.8, 4) is 0 Å². The van der Waals surface area contributed by atoms with E-state index in [0.717, 1.165) is 30.5 Å². The highest BCUT2D eigenvalue weighted by Crippen LogP contribution is 2.30. The van der Waals surface area contributed by atoms with Gasteiger partial charge in [0.15, 0.2) is 0 Å². The van der Waals surface area contributed by atoms with Crippen LogP contribution < -0.4 is 5.32 Å². The lowest BCUT2D eigenvalue weighted by molar-refractivity contribution is -0.137. The van der Waals surface area contributed by atoms with Crippen molar-refractivity contribution in [3.63, 3.8) is 0 Å². The number of alkyl halides is 3. The zero-order valence-corrected chi connectivity index (χ0v) is 18.8. The average Bonchev–Trinajstić information content (AvgIpc) is 2.83. The number of hydrogen-bond acceptors (Lipinski definition) is 2. The second-order valence-electron chi connectivity index (χ2n) is 9.11. The van der Waals surface area contributed by atoms with Crippen molar-refractivity contribution in [2.75, 3.05) is 13.1 Å². The molecule has 4 nitrogen and oxygen atoms in total. The Morgan fingerprint density at radius 3 is 2.24 bits per heavy atom. The number of rotatable bonds is 4. The predicted octanol–water partition coefficient (Wildman–Crippen LogP) is 5.31. The van der Waals surface area contributed by atoms with Crippen molar-refractivity contribution in [1.29, 1.82) is 0 Å². The number of carbonyl (C=O) groups excluding carboxylic acids is 2. The van der Waals surface area contributed by atoms with Crippen LogP contribution in [0.3, 0.4) is 0 Å². The minimum Gasteiger partial charge on any atom is -0.349 e. The fourth-order valence-electron chi connectivity index (χ4n) is 4.77. The first-order chi connectivity index (χ1) is 15.7. The molecule has 2 aromatic rings. The summed E-state index contributed by atoms with van der Waals surface area (Å²) in [4.78, 5) is 27.1. The fourth-order valence-corrected chi connectivity index (χ4v) is 4.77. The maximum atomic E-state index is 12.8. The predicted molar refractivity (Wildman–Crippen MR) is 120 cm³/mol. The summed E-state index contributed by atoms with van der Waals surface area (Å²) in [6, 6.07) is 10.7. The maximum absolute atomic E-state index is 12.8. The van der Waals surface area contributed by atoms with Crippen LogP contribution in [0.1, 0.15) is 71.3 Å². The summed E-state index contributed by atoms with van der Waals surface area (Å²) >= 11 is 0. The molecule has 0 spiro atoms. The first-order valence-corrected chi connectivity index (χ1v) is 11.6. The van der Waals surface area contributed by atoms with Crippen LogP contribution in [0.5, 0.6) is 0 Å². The number of piperidine rings is 1. The first kappa shape index (κ1) is 23.3. The van der Waals surface area contributed by atoms with Gasteiger partial charge in [-0.2, -0.15) is 13.2 Å². The van der Waals surface area contributed by atoms with Gasteiger partial charge in [0.1, 0.15) is 0 Å². The van der Waals surface area contributed by atoms with Gasteiger partial charge in [-0.25, -0.2) is 0 Å². The van der Waals surface area contributed by atoms with Gasteiger partial charge in [-0.05, 0) is 86.4 Å². The quantitative estimate of drug-likeness (QED) is 0.675. The van der Waals surface area contributed by atoms with Crippen molar-refractivity contribution in [3.05, 3.63) is 70.3 Å². The largest absolute Gasteiger partial charge is 0.416 e. The zero-order valence-electron chi connectivity index (χ0n) is 18.8. The number of carbonyl (C=O) groups is 2. The zero-order chi connectivity index (χ0) is 23.6. The van der Waals surface area contributed by atoms with Crippen LogP contribution >= 0.6 is 0 Å². The Hall–Kier alpha value is -2.83. The molecule has 7 heteroatoms. The number of halogens is 3. The highest BCUT2D eigenvalue weighted by Gasteiger charge is 2.31. The molecule has 0 saturated carbocycles. The van der Waals surface area contributed by atoms with E-state index < -0.39 is 11.7 Å². The van der Waals surface area contributed by atoms with Crippen molar-refractivity contribution in [2.24, 2.45) is 5.92 Å². The molecule has 2 aromatic carbocycles. The molecule has 0 radical (unpaired) electrons. The smallest absolute Gasteiger partial charge is 0.349 e. The lowest BCUT2D eigenvalue weighted by atomic mass is 9.89. The topological polar surface area (TPSA) is 49.4 Å². The SMILES string of the molecule is CC(NC(=O)C1CCN(C(=O)c2ccc(C(F)(F)F)cc2)CC1)c1ccc2c(c1)CCCC2. The van der Waals surface area contributed by atoms with Gasteiger partial charge in [0, 0.05) is 24.6 Å². The van der Waals surface area contributed by atoms with E-state index in [1.54, 1.807) is 4.90 Å².